The maximum atomic E-state index is 12.4. The van der Waals surface area contributed by atoms with Crippen LogP contribution in [-0.4, -0.2) is 20.7 Å². The lowest BCUT2D eigenvalue weighted by atomic mass is 10.1. The molecule has 0 saturated heterocycles. The first-order chi connectivity index (χ1) is 11.0. The molecule has 0 spiro atoms. The highest BCUT2D eigenvalue weighted by atomic mass is 16.3. The minimum atomic E-state index is -0.737. The lowest BCUT2D eigenvalue weighted by molar-refractivity contribution is 0.102. The fourth-order valence-electron chi connectivity index (χ4n) is 2.46. The zero-order valence-corrected chi connectivity index (χ0v) is 12.3. The third kappa shape index (κ3) is 2.50. The SMILES string of the molecule is Cn1c(=O)c(C(=O)Nc2cccc(O)c2)c(O)c2ccccc21. The van der Waals surface area contributed by atoms with Crippen LogP contribution >= 0.6 is 0 Å². The molecule has 116 valence electrons. The van der Waals surface area contributed by atoms with Crippen LogP contribution in [0.5, 0.6) is 11.5 Å². The summed E-state index contributed by atoms with van der Waals surface area (Å²) >= 11 is 0. The molecule has 1 aromatic heterocycles. The maximum Gasteiger partial charge on any atom is 0.267 e. The van der Waals surface area contributed by atoms with Crippen molar-refractivity contribution in [1.82, 2.24) is 4.57 Å². The summed E-state index contributed by atoms with van der Waals surface area (Å²) in [7, 11) is 1.54. The van der Waals surface area contributed by atoms with Crippen molar-refractivity contribution in [2.75, 3.05) is 5.32 Å². The number of carbonyl (C=O) groups is 1. The Morgan fingerprint density at radius 2 is 1.83 bits per heavy atom. The number of phenolic OH excluding ortho intramolecular Hbond substituents is 1. The highest BCUT2D eigenvalue weighted by Gasteiger charge is 2.21. The predicted octanol–water partition coefficient (Wildman–Crippen LogP) is 2.20. The quantitative estimate of drug-likeness (QED) is 0.676. The summed E-state index contributed by atoms with van der Waals surface area (Å²) in [6.45, 7) is 0. The first-order valence-corrected chi connectivity index (χ1v) is 6.90. The van der Waals surface area contributed by atoms with Crippen LogP contribution < -0.4 is 10.9 Å². The third-order valence-electron chi connectivity index (χ3n) is 3.61. The number of phenols is 1. The van der Waals surface area contributed by atoms with Crippen molar-refractivity contribution in [3.63, 3.8) is 0 Å². The number of hydrogen-bond donors (Lipinski definition) is 3. The number of fused-ring (bicyclic) bond motifs is 1. The summed E-state index contributed by atoms with van der Waals surface area (Å²) in [5, 5.41) is 22.7. The van der Waals surface area contributed by atoms with E-state index in [-0.39, 0.29) is 17.1 Å². The molecule has 3 aromatic rings. The fraction of sp³-hybridized carbons (Fsp3) is 0.0588. The molecule has 0 unspecified atom stereocenters. The number of para-hydroxylation sites is 1. The number of benzene rings is 2. The highest BCUT2D eigenvalue weighted by Crippen LogP contribution is 2.26. The van der Waals surface area contributed by atoms with Crippen LogP contribution in [0.4, 0.5) is 5.69 Å². The Hall–Kier alpha value is -3.28. The molecular weight excluding hydrogens is 296 g/mol. The van der Waals surface area contributed by atoms with Crippen molar-refractivity contribution >= 4 is 22.5 Å². The van der Waals surface area contributed by atoms with Gasteiger partial charge in [-0.15, -0.1) is 0 Å². The zero-order chi connectivity index (χ0) is 16.6. The van der Waals surface area contributed by atoms with Gasteiger partial charge >= 0.3 is 0 Å². The Kier molecular flexibility index (Phi) is 3.50. The minimum Gasteiger partial charge on any atom is -0.508 e. The molecule has 0 bridgehead atoms. The van der Waals surface area contributed by atoms with Crippen LogP contribution in [0.2, 0.25) is 0 Å². The number of hydrogen-bond acceptors (Lipinski definition) is 4. The molecule has 0 aliphatic heterocycles. The number of aromatic hydroxyl groups is 2. The molecule has 2 aromatic carbocycles. The standard InChI is InChI=1S/C17H14N2O4/c1-19-13-8-3-2-7-12(13)15(21)14(17(19)23)16(22)18-10-5-4-6-11(20)9-10/h2-9,20-21H,1H3,(H,18,22). The Morgan fingerprint density at radius 3 is 2.57 bits per heavy atom. The van der Waals surface area contributed by atoms with Gasteiger partial charge in [-0.2, -0.15) is 0 Å². The van der Waals surface area contributed by atoms with Gasteiger partial charge in [-0.3, -0.25) is 9.59 Å². The number of pyridine rings is 1. The summed E-state index contributed by atoms with van der Waals surface area (Å²) in [6, 6.07) is 12.7. The zero-order valence-electron chi connectivity index (χ0n) is 12.3. The van der Waals surface area contributed by atoms with Crippen LogP contribution in [0, 0.1) is 0 Å². The van der Waals surface area contributed by atoms with Gasteiger partial charge < -0.3 is 20.1 Å². The Morgan fingerprint density at radius 1 is 1.09 bits per heavy atom. The van der Waals surface area contributed by atoms with E-state index in [4.69, 9.17) is 0 Å². The van der Waals surface area contributed by atoms with Crippen molar-refractivity contribution < 1.29 is 15.0 Å². The van der Waals surface area contributed by atoms with Crippen LogP contribution in [0.25, 0.3) is 10.9 Å². The van der Waals surface area contributed by atoms with E-state index in [9.17, 15) is 19.8 Å². The van der Waals surface area contributed by atoms with Crippen LogP contribution in [0.15, 0.2) is 53.3 Å². The van der Waals surface area contributed by atoms with Gasteiger partial charge in [0.05, 0.1) is 5.52 Å². The number of nitrogens with one attached hydrogen (secondary N) is 1. The molecule has 3 rings (SSSR count). The van der Waals surface area contributed by atoms with Crippen molar-refractivity contribution in [1.29, 1.82) is 0 Å². The molecule has 0 atom stereocenters. The van der Waals surface area contributed by atoms with Gasteiger partial charge in [0.2, 0.25) is 0 Å². The molecule has 1 heterocycles. The number of anilines is 1. The monoisotopic (exact) mass is 310 g/mol. The largest absolute Gasteiger partial charge is 0.508 e. The molecular formula is C17H14N2O4. The molecule has 0 saturated carbocycles. The van der Waals surface area contributed by atoms with Crippen molar-refractivity contribution in [3.8, 4) is 11.5 Å². The van der Waals surface area contributed by atoms with E-state index in [1.165, 1.54) is 23.7 Å². The molecule has 0 aliphatic carbocycles. The first kappa shape index (κ1) is 14.6. The summed E-state index contributed by atoms with van der Waals surface area (Å²) < 4.78 is 1.31. The second kappa shape index (κ2) is 5.49. The molecule has 23 heavy (non-hydrogen) atoms. The van der Waals surface area contributed by atoms with Crippen LogP contribution in [-0.2, 0) is 7.05 Å². The number of carbonyl (C=O) groups excluding carboxylic acids is 1. The number of aryl methyl sites for hydroxylation is 1. The number of aromatic nitrogens is 1. The Labute approximate surface area is 131 Å². The first-order valence-electron chi connectivity index (χ1n) is 6.90. The third-order valence-corrected chi connectivity index (χ3v) is 3.61. The van der Waals surface area contributed by atoms with Gasteiger partial charge in [0, 0.05) is 24.2 Å². The van der Waals surface area contributed by atoms with E-state index in [0.29, 0.717) is 16.6 Å². The van der Waals surface area contributed by atoms with Crippen molar-refractivity contribution in [2.24, 2.45) is 7.05 Å². The number of rotatable bonds is 2. The molecule has 1 amide bonds. The van der Waals surface area contributed by atoms with E-state index in [0.717, 1.165) is 0 Å². The van der Waals surface area contributed by atoms with Gasteiger partial charge in [0.15, 0.2) is 0 Å². The average Bonchev–Trinajstić information content (AvgIpc) is 2.53. The molecule has 6 nitrogen and oxygen atoms in total. The van der Waals surface area contributed by atoms with E-state index >= 15 is 0 Å². The predicted molar refractivity (Wildman–Crippen MR) is 86.9 cm³/mol. The molecule has 6 heteroatoms. The van der Waals surface area contributed by atoms with Gasteiger partial charge in [0.25, 0.3) is 11.5 Å². The van der Waals surface area contributed by atoms with E-state index in [2.05, 4.69) is 5.32 Å². The van der Waals surface area contributed by atoms with Gasteiger partial charge in [0.1, 0.15) is 17.1 Å². The molecule has 0 aliphatic rings. The molecule has 0 fully saturated rings. The summed E-state index contributed by atoms with van der Waals surface area (Å²) in [6.07, 6.45) is 0. The topological polar surface area (TPSA) is 91.6 Å². The van der Waals surface area contributed by atoms with Gasteiger partial charge in [-0.25, -0.2) is 0 Å². The van der Waals surface area contributed by atoms with Gasteiger partial charge in [-0.05, 0) is 24.3 Å². The van der Waals surface area contributed by atoms with Crippen LogP contribution in [0.1, 0.15) is 10.4 Å². The lowest BCUT2D eigenvalue weighted by Crippen LogP contribution is -2.28. The Balaban J connectivity index is 2.12. The second-order valence-corrected chi connectivity index (χ2v) is 5.11. The fourth-order valence-corrected chi connectivity index (χ4v) is 2.46. The number of amides is 1. The highest BCUT2D eigenvalue weighted by molar-refractivity contribution is 6.09. The maximum absolute atomic E-state index is 12.4. The van der Waals surface area contributed by atoms with E-state index < -0.39 is 11.5 Å². The second-order valence-electron chi connectivity index (χ2n) is 5.11. The summed E-state index contributed by atoms with van der Waals surface area (Å²) in [5.74, 6) is -1.11. The summed E-state index contributed by atoms with van der Waals surface area (Å²) in [4.78, 5) is 24.8. The lowest BCUT2D eigenvalue weighted by Gasteiger charge is -2.12. The van der Waals surface area contributed by atoms with E-state index in [1.807, 2.05) is 0 Å². The van der Waals surface area contributed by atoms with Gasteiger partial charge in [-0.1, -0.05) is 18.2 Å². The van der Waals surface area contributed by atoms with Crippen LogP contribution in [0.3, 0.4) is 0 Å². The normalized spacial score (nSPS) is 10.7. The Bertz CT molecular complexity index is 976. The smallest absolute Gasteiger partial charge is 0.267 e. The molecule has 3 N–H and O–H groups in total. The van der Waals surface area contributed by atoms with Crippen molar-refractivity contribution in [3.05, 3.63) is 64.4 Å². The number of nitrogens with zero attached hydrogens (tertiary/aromatic N) is 1. The summed E-state index contributed by atoms with van der Waals surface area (Å²) in [5.41, 5.74) is -0.0816. The van der Waals surface area contributed by atoms with Crippen molar-refractivity contribution in [2.45, 2.75) is 0 Å². The van der Waals surface area contributed by atoms with E-state index in [1.54, 1.807) is 36.4 Å². The molecule has 0 radical (unpaired) electrons. The average molecular weight is 310 g/mol. The minimum absolute atomic E-state index is 0.0153.